The van der Waals surface area contributed by atoms with Crippen LogP contribution in [0.5, 0.6) is 5.75 Å². The highest BCUT2D eigenvalue weighted by Crippen LogP contribution is 2.35. The zero-order chi connectivity index (χ0) is 13.3. The molecule has 0 N–H and O–H groups in total. The highest BCUT2D eigenvalue weighted by molar-refractivity contribution is 7.81. The summed E-state index contributed by atoms with van der Waals surface area (Å²) in [4.78, 5) is 11.8. The number of hydrogen-bond acceptors (Lipinski definition) is 4. The minimum atomic E-state index is -5.12. The van der Waals surface area contributed by atoms with E-state index in [1.807, 2.05) is 0 Å². The molecule has 1 aromatic rings. The van der Waals surface area contributed by atoms with Crippen LogP contribution in [0.4, 0.5) is 3.89 Å². The fourth-order valence-corrected chi connectivity index (χ4v) is 2.70. The van der Waals surface area contributed by atoms with Crippen LogP contribution in [0.15, 0.2) is 12.1 Å². The molecule has 0 spiro atoms. The number of benzene rings is 1. The Morgan fingerprint density at radius 3 is 2.56 bits per heavy atom. The molecule has 2 rings (SSSR count). The summed E-state index contributed by atoms with van der Waals surface area (Å²) in [5, 5.41) is -0.0102. The van der Waals surface area contributed by atoms with Crippen LogP contribution < -0.4 is 4.18 Å². The van der Waals surface area contributed by atoms with Gasteiger partial charge in [0.1, 0.15) is 0 Å². The molecule has 18 heavy (non-hydrogen) atoms. The molecule has 1 aromatic carbocycles. The molecular weight excluding hydrogens is 283 g/mol. The fourth-order valence-electron chi connectivity index (χ4n) is 2.00. The van der Waals surface area contributed by atoms with Crippen LogP contribution in [-0.4, -0.2) is 14.2 Å². The first-order valence-corrected chi connectivity index (χ1v) is 7.06. The van der Waals surface area contributed by atoms with Crippen molar-refractivity contribution >= 4 is 27.9 Å². The van der Waals surface area contributed by atoms with Gasteiger partial charge in [0, 0.05) is 12.0 Å². The van der Waals surface area contributed by atoms with E-state index in [2.05, 4.69) is 4.18 Å². The third-order valence-corrected chi connectivity index (χ3v) is 3.57. The van der Waals surface area contributed by atoms with E-state index < -0.39 is 10.5 Å². The third-order valence-electron chi connectivity index (χ3n) is 2.78. The van der Waals surface area contributed by atoms with Gasteiger partial charge in [-0.15, -0.1) is 0 Å². The largest absolute Gasteiger partial charge is 0.488 e. The standard InChI is InChI=1S/C11H10ClFO4S/c12-11-8-3-1-2-4-9(14)7(8)5-6-10(11)17-18(13,15)16/h5-6H,1-4H2. The van der Waals surface area contributed by atoms with Gasteiger partial charge in [-0.25, -0.2) is 0 Å². The van der Waals surface area contributed by atoms with E-state index in [0.29, 0.717) is 24.0 Å². The first-order valence-electron chi connectivity index (χ1n) is 5.37. The number of carbonyl (C=O) groups is 1. The minimum Gasteiger partial charge on any atom is -0.357 e. The van der Waals surface area contributed by atoms with E-state index in [1.54, 1.807) is 0 Å². The molecule has 0 fully saturated rings. The quantitative estimate of drug-likeness (QED) is 0.621. The summed E-state index contributed by atoms with van der Waals surface area (Å²) in [6.45, 7) is 0. The Hall–Kier alpha value is -1.14. The lowest BCUT2D eigenvalue weighted by molar-refractivity contribution is 0.0982. The van der Waals surface area contributed by atoms with Crippen LogP contribution in [0.3, 0.4) is 0 Å². The van der Waals surface area contributed by atoms with Crippen molar-refractivity contribution in [1.82, 2.24) is 0 Å². The Morgan fingerprint density at radius 1 is 1.22 bits per heavy atom. The topological polar surface area (TPSA) is 60.4 Å². The highest BCUT2D eigenvalue weighted by atomic mass is 35.5. The third kappa shape index (κ3) is 2.81. The van der Waals surface area contributed by atoms with Gasteiger partial charge in [-0.2, -0.15) is 8.42 Å². The lowest BCUT2D eigenvalue weighted by Gasteiger charge is -2.10. The SMILES string of the molecule is O=C1CCCCc2c1ccc(OS(=O)(=O)F)c2Cl. The maximum absolute atomic E-state index is 12.5. The van der Waals surface area contributed by atoms with Crippen LogP contribution in [0, 0.1) is 0 Å². The van der Waals surface area contributed by atoms with E-state index >= 15 is 0 Å². The van der Waals surface area contributed by atoms with Gasteiger partial charge in [0.25, 0.3) is 0 Å². The van der Waals surface area contributed by atoms with Crippen molar-refractivity contribution in [1.29, 1.82) is 0 Å². The van der Waals surface area contributed by atoms with E-state index in [9.17, 15) is 17.1 Å². The number of fused-ring (bicyclic) bond motifs is 1. The number of halogens is 2. The van der Waals surface area contributed by atoms with Crippen molar-refractivity contribution < 1.29 is 21.3 Å². The summed E-state index contributed by atoms with van der Waals surface area (Å²) >= 11 is 5.96. The number of rotatable bonds is 2. The summed E-state index contributed by atoms with van der Waals surface area (Å²) in [5.74, 6) is -0.327. The maximum Gasteiger partial charge on any atom is 0.488 e. The van der Waals surface area contributed by atoms with Crippen LogP contribution >= 0.6 is 11.6 Å². The first kappa shape index (κ1) is 13.3. The Labute approximate surface area is 109 Å². The normalized spacial score (nSPS) is 16.0. The monoisotopic (exact) mass is 292 g/mol. The summed E-state index contributed by atoms with van der Waals surface area (Å²) in [7, 11) is -5.12. The molecular formula is C11H10ClFO4S. The van der Waals surface area contributed by atoms with Gasteiger partial charge in [-0.05, 0) is 37.0 Å². The second-order valence-electron chi connectivity index (χ2n) is 4.01. The van der Waals surface area contributed by atoms with Gasteiger partial charge in [-0.1, -0.05) is 15.5 Å². The molecule has 0 bridgehead atoms. The predicted molar refractivity (Wildman–Crippen MR) is 64.0 cm³/mol. The number of Topliss-reactive ketones (excluding diaryl/α,β-unsaturated/α-hetero) is 1. The molecule has 4 nitrogen and oxygen atoms in total. The number of ketones is 1. The van der Waals surface area contributed by atoms with E-state index in [4.69, 9.17) is 11.6 Å². The highest BCUT2D eigenvalue weighted by Gasteiger charge is 2.22. The molecule has 0 amide bonds. The second-order valence-corrected chi connectivity index (χ2v) is 5.34. The van der Waals surface area contributed by atoms with Crippen LogP contribution in [0.2, 0.25) is 5.02 Å². The Balaban J connectivity index is 2.49. The molecule has 0 aromatic heterocycles. The van der Waals surface area contributed by atoms with Crippen molar-refractivity contribution in [2.24, 2.45) is 0 Å². The molecule has 98 valence electrons. The summed E-state index contributed by atoms with van der Waals surface area (Å²) in [5.41, 5.74) is 0.987. The summed E-state index contributed by atoms with van der Waals surface area (Å²) in [6.07, 6.45) is 2.50. The lowest BCUT2D eigenvalue weighted by Crippen LogP contribution is -2.05. The van der Waals surface area contributed by atoms with E-state index in [1.165, 1.54) is 12.1 Å². The van der Waals surface area contributed by atoms with Crippen molar-refractivity contribution in [3.05, 3.63) is 28.3 Å². The second kappa shape index (κ2) is 4.85. The predicted octanol–water partition coefficient (Wildman–Crippen LogP) is 2.84. The van der Waals surface area contributed by atoms with E-state index in [-0.39, 0.29) is 16.6 Å². The first-order chi connectivity index (χ1) is 8.38. The maximum atomic E-state index is 12.5. The van der Waals surface area contributed by atoms with E-state index in [0.717, 1.165) is 12.8 Å². The molecule has 1 aliphatic carbocycles. The van der Waals surface area contributed by atoms with Crippen LogP contribution in [0.25, 0.3) is 0 Å². The molecule has 1 aliphatic rings. The zero-order valence-corrected chi connectivity index (χ0v) is 10.9. The Morgan fingerprint density at radius 2 is 1.89 bits per heavy atom. The molecule has 0 radical (unpaired) electrons. The van der Waals surface area contributed by atoms with Crippen LogP contribution in [-0.2, 0) is 16.9 Å². The smallest absolute Gasteiger partial charge is 0.357 e. The molecule has 0 saturated carbocycles. The van der Waals surface area contributed by atoms with Crippen molar-refractivity contribution in [3.8, 4) is 5.75 Å². The number of hydrogen-bond donors (Lipinski definition) is 0. The van der Waals surface area contributed by atoms with Gasteiger partial charge >= 0.3 is 10.5 Å². The van der Waals surface area contributed by atoms with Gasteiger partial charge in [-0.3, -0.25) is 4.79 Å². The van der Waals surface area contributed by atoms with Gasteiger partial charge in [0.15, 0.2) is 11.5 Å². The molecule has 0 heterocycles. The molecule has 0 atom stereocenters. The Bertz CT molecular complexity index is 597. The van der Waals surface area contributed by atoms with Gasteiger partial charge < -0.3 is 4.18 Å². The van der Waals surface area contributed by atoms with Gasteiger partial charge in [0.2, 0.25) is 0 Å². The van der Waals surface area contributed by atoms with Crippen LogP contribution in [0.1, 0.15) is 35.2 Å². The van der Waals surface area contributed by atoms with Crippen molar-refractivity contribution in [2.75, 3.05) is 0 Å². The molecule has 0 unspecified atom stereocenters. The molecule has 0 aliphatic heterocycles. The zero-order valence-electron chi connectivity index (χ0n) is 9.28. The Kier molecular flexibility index (Phi) is 3.59. The number of carbonyl (C=O) groups excluding carboxylic acids is 1. The lowest BCUT2D eigenvalue weighted by atomic mass is 10.0. The minimum absolute atomic E-state index is 0.0102. The molecule has 7 heteroatoms. The average Bonchev–Trinajstić information content (AvgIpc) is 2.44. The average molecular weight is 293 g/mol. The van der Waals surface area contributed by atoms with Crippen molar-refractivity contribution in [2.45, 2.75) is 25.7 Å². The summed E-state index contributed by atoms with van der Waals surface area (Å²) < 4.78 is 37.5. The van der Waals surface area contributed by atoms with Gasteiger partial charge in [0.05, 0.1) is 5.02 Å². The fraction of sp³-hybridized carbons (Fsp3) is 0.364. The summed E-state index contributed by atoms with van der Waals surface area (Å²) in [6, 6.07) is 2.62. The molecule has 0 saturated heterocycles. The van der Waals surface area contributed by atoms with Crippen molar-refractivity contribution in [3.63, 3.8) is 0 Å².